The van der Waals surface area contributed by atoms with Gasteiger partial charge in [0.05, 0.1) is 13.7 Å². The number of carbonyl (C=O) groups excluding carboxylic acids is 1. The number of nitrogens with zero attached hydrogens (tertiary/aromatic N) is 1. The molecule has 0 fully saturated rings. The molecule has 0 radical (unpaired) electrons. The van der Waals surface area contributed by atoms with Crippen LogP contribution in [0.1, 0.15) is 24.8 Å². The van der Waals surface area contributed by atoms with Crippen LogP contribution in [0.15, 0.2) is 59.0 Å². The van der Waals surface area contributed by atoms with Crippen molar-refractivity contribution < 1.29 is 13.9 Å². The zero-order valence-electron chi connectivity index (χ0n) is 13.8. The molecule has 1 N–H and O–H groups in total. The number of methoxy groups -OCH3 is 1. The van der Waals surface area contributed by atoms with Gasteiger partial charge >= 0.3 is 5.97 Å². The number of carbonyl (C=O) groups is 1. The van der Waals surface area contributed by atoms with Crippen molar-refractivity contribution in [1.82, 2.24) is 10.3 Å². The molecule has 3 rings (SSSR count). The van der Waals surface area contributed by atoms with Crippen LogP contribution in [-0.4, -0.2) is 18.1 Å². The van der Waals surface area contributed by atoms with E-state index in [2.05, 4.69) is 10.3 Å². The quantitative estimate of drug-likeness (QED) is 0.704. The molecule has 0 bridgehead atoms. The molecule has 0 spiro atoms. The van der Waals surface area contributed by atoms with Gasteiger partial charge in [-0.2, -0.15) is 0 Å². The first-order chi connectivity index (χ1) is 11.7. The summed E-state index contributed by atoms with van der Waals surface area (Å²) >= 11 is 0. The molecule has 0 amide bonds. The number of rotatable bonds is 6. The Hall–Kier alpha value is -2.66. The lowest BCUT2D eigenvalue weighted by molar-refractivity contribution is -0.149. The molecule has 2 aromatic carbocycles. The van der Waals surface area contributed by atoms with Crippen LogP contribution in [-0.2, 0) is 21.6 Å². The fraction of sp³-hybridized carbons (Fsp3) is 0.263. The van der Waals surface area contributed by atoms with Crippen molar-refractivity contribution in [3.8, 4) is 0 Å². The largest absolute Gasteiger partial charge is 0.467 e. The number of hydrogen-bond acceptors (Lipinski definition) is 5. The summed E-state index contributed by atoms with van der Waals surface area (Å²) in [4.78, 5) is 17.0. The van der Waals surface area contributed by atoms with Gasteiger partial charge in [0.1, 0.15) is 11.1 Å². The summed E-state index contributed by atoms with van der Waals surface area (Å²) in [6, 6.07) is 17.1. The molecule has 0 unspecified atom stereocenters. The average Bonchev–Trinajstić information content (AvgIpc) is 3.06. The molecule has 0 aliphatic rings. The molecule has 1 aromatic heterocycles. The van der Waals surface area contributed by atoms with Crippen LogP contribution in [0.5, 0.6) is 0 Å². The first-order valence-corrected chi connectivity index (χ1v) is 7.93. The van der Waals surface area contributed by atoms with Gasteiger partial charge in [-0.25, -0.2) is 9.78 Å². The maximum absolute atomic E-state index is 12.5. The third-order valence-electron chi connectivity index (χ3n) is 4.21. The summed E-state index contributed by atoms with van der Waals surface area (Å²) in [6.07, 6.45) is 0.546. The predicted molar refractivity (Wildman–Crippen MR) is 91.3 cm³/mol. The fourth-order valence-corrected chi connectivity index (χ4v) is 2.88. The number of hydrogen-bond donors (Lipinski definition) is 1. The predicted octanol–water partition coefficient (Wildman–Crippen LogP) is 3.40. The fourth-order valence-electron chi connectivity index (χ4n) is 2.88. The van der Waals surface area contributed by atoms with Gasteiger partial charge in [-0.15, -0.1) is 0 Å². The van der Waals surface area contributed by atoms with Crippen molar-refractivity contribution in [3.05, 3.63) is 66.1 Å². The minimum atomic E-state index is -0.934. The zero-order valence-corrected chi connectivity index (χ0v) is 13.8. The van der Waals surface area contributed by atoms with E-state index in [4.69, 9.17) is 9.15 Å². The van der Waals surface area contributed by atoms with E-state index in [0.29, 0.717) is 18.9 Å². The Balaban J connectivity index is 1.90. The number of nitrogens with one attached hydrogen (secondary N) is 1. The van der Waals surface area contributed by atoms with Crippen molar-refractivity contribution in [3.63, 3.8) is 0 Å². The second-order valence-corrected chi connectivity index (χ2v) is 5.55. The Morgan fingerprint density at radius 2 is 1.88 bits per heavy atom. The zero-order chi connectivity index (χ0) is 17.0. The van der Waals surface area contributed by atoms with E-state index in [0.717, 1.165) is 16.7 Å². The molecule has 3 aromatic rings. The number of fused-ring (bicyclic) bond motifs is 1. The summed E-state index contributed by atoms with van der Waals surface area (Å²) in [7, 11) is 1.40. The number of ether oxygens (including phenoxy) is 1. The molecule has 0 saturated carbocycles. The highest BCUT2D eigenvalue weighted by atomic mass is 16.5. The lowest BCUT2D eigenvalue weighted by atomic mass is 9.87. The van der Waals surface area contributed by atoms with Crippen LogP contribution >= 0.6 is 0 Å². The Labute approximate surface area is 140 Å². The Morgan fingerprint density at radius 1 is 1.17 bits per heavy atom. The normalized spacial score (nSPS) is 13.6. The smallest absolute Gasteiger partial charge is 0.330 e. The van der Waals surface area contributed by atoms with Crippen molar-refractivity contribution in [1.29, 1.82) is 0 Å². The first-order valence-electron chi connectivity index (χ1n) is 7.93. The maximum atomic E-state index is 12.5. The molecular formula is C19H20N2O3. The van der Waals surface area contributed by atoms with Crippen molar-refractivity contribution >= 4 is 17.1 Å². The highest BCUT2D eigenvalue weighted by molar-refractivity contribution is 5.82. The number of oxazole rings is 1. The van der Waals surface area contributed by atoms with Crippen LogP contribution in [0.3, 0.4) is 0 Å². The summed E-state index contributed by atoms with van der Waals surface area (Å²) in [5.41, 5.74) is 1.45. The molecule has 0 aliphatic heterocycles. The lowest BCUT2D eigenvalue weighted by Crippen LogP contribution is -2.49. The van der Waals surface area contributed by atoms with Gasteiger partial charge in [0, 0.05) is 0 Å². The van der Waals surface area contributed by atoms with E-state index in [1.165, 1.54) is 7.11 Å². The summed E-state index contributed by atoms with van der Waals surface area (Å²) in [6.45, 7) is 2.27. The highest BCUT2D eigenvalue weighted by Gasteiger charge is 2.39. The van der Waals surface area contributed by atoms with Crippen LogP contribution in [0.25, 0.3) is 11.1 Å². The second-order valence-electron chi connectivity index (χ2n) is 5.55. The van der Waals surface area contributed by atoms with E-state index in [9.17, 15) is 4.79 Å². The lowest BCUT2D eigenvalue weighted by Gasteiger charge is -2.31. The third kappa shape index (κ3) is 2.90. The third-order valence-corrected chi connectivity index (χ3v) is 4.21. The monoisotopic (exact) mass is 324 g/mol. The molecule has 1 atom stereocenters. The van der Waals surface area contributed by atoms with E-state index in [-0.39, 0.29) is 5.97 Å². The Bertz CT molecular complexity index is 796. The summed E-state index contributed by atoms with van der Waals surface area (Å²) in [5.74, 6) is 0.209. The minimum Gasteiger partial charge on any atom is -0.467 e. The van der Waals surface area contributed by atoms with E-state index >= 15 is 0 Å². The average molecular weight is 324 g/mol. The molecule has 1 heterocycles. The van der Waals surface area contributed by atoms with E-state index in [1.54, 1.807) is 0 Å². The van der Waals surface area contributed by atoms with Crippen molar-refractivity contribution in [2.45, 2.75) is 25.4 Å². The second kappa shape index (κ2) is 6.84. The number of esters is 1. The van der Waals surface area contributed by atoms with Crippen LogP contribution in [0, 0.1) is 0 Å². The van der Waals surface area contributed by atoms with Gasteiger partial charge in [0.2, 0.25) is 5.89 Å². The molecule has 0 saturated heterocycles. The standard InChI is InChI=1S/C19H20N2O3/c1-3-19(18(22)23-2,14-9-5-4-6-10-14)20-13-17-21-15-11-7-8-12-16(15)24-17/h4-12,20H,3,13H2,1-2H3/t19-/m1/s1. The van der Waals surface area contributed by atoms with Crippen molar-refractivity contribution in [2.75, 3.05) is 7.11 Å². The summed E-state index contributed by atoms with van der Waals surface area (Å²) < 4.78 is 10.8. The van der Waals surface area contributed by atoms with E-state index < -0.39 is 5.54 Å². The molecule has 24 heavy (non-hydrogen) atoms. The van der Waals surface area contributed by atoms with Crippen LogP contribution in [0.4, 0.5) is 0 Å². The maximum Gasteiger partial charge on any atom is 0.330 e. The molecule has 5 nitrogen and oxygen atoms in total. The SMILES string of the molecule is CC[C@](NCc1nc2ccccc2o1)(C(=O)OC)c1ccccc1. The van der Waals surface area contributed by atoms with Crippen molar-refractivity contribution in [2.24, 2.45) is 0 Å². The minimum absolute atomic E-state index is 0.326. The van der Waals surface area contributed by atoms with Gasteiger partial charge in [-0.1, -0.05) is 49.4 Å². The van der Waals surface area contributed by atoms with Gasteiger partial charge in [-0.05, 0) is 24.1 Å². The van der Waals surface area contributed by atoms with Gasteiger partial charge in [0.25, 0.3) is 0 Å². The molecule has 0 aliphatic carbocycles. The van der Waals surface area contributed by atoms with Crippen LogP contribution in [0.2, 0.25) is 0 Å². The highest BCUT2D eigenvalue weighted by Crippen LogP contribution is 2.27. The Kier molecular flexibility index (Phi) is 4.62. The number of aromatic nitrogens is 1. The van der Waals surface area contributed by atoms with Gasteiger partial charge < -0.3 is 9.15 Å². The Morgan fingerprint density at radius 3 is 2.54 bits per heavy atom. The first kappa shape index (κ1) is 16.2. The molecule has 124 valence electrons. The molecular weight excluding hydrogens is 304 g/mol. The van der Waals surface area contributed by atoms with Crippen LogP contribution < -0.4 is 5.32 Å². The van der Waals surface area contributed by atoms with Gasteiger partial charge in [0.15, 0.2) is 5.58 Å². The number of benzene rings is 2. The molecule has 5 heteroatoms. The van der Waals surface area contributed by atoms with E-state index in [1.807, 2.05) is 61.5 Å². The summed E-state index contributed by atoms with van der Waals surface area (Å²) in [5, 5.41) is 3.30. The topological polar surface area (TPSA) is 64.4 Å². The number of para-hydroxylation sites is 2. The van der Waals surface area contributed by atoms with Gasteiger partial charge in [-0.3, -0.25) is 5.32 Å².